The zero-order valence-electron chi connectivity index (χ0n) is 40.8. The van der Waals surface area contributed by atoms with Gasteiger partial charge in [0.1, 0.15) is 35.8 Å². The van der Waals surface area contributed by atoms with Crippen LogP contribution in [0.4, 0.5) is 4.39 Å². The zero-order chi connectivity index (χ0) is 51.2. The Morgan fingerprint density at radius 2 is 1.63 bits per heavy atom. The Hall–Kier alpha value is -7.32. The molecular weight excluding hydrogens is 975 g/mol. The van der Waals surface area contributed by atoms with E-state index in [0.29, 0.717) is 95.8 Å². The molecule has 0 bridgehead atoms. The van der Waals surface area contributed by atoms with Gasteiger partial charge in [-0.2, -0.15) is 10.2 Å². The number of carboxylic acids is 1. The summed E-state index contributed by atoms with van der Waals surface area (Å²) in [6.07, 6.45) is 4.67. The van der Waals surface area contributed by atoms with Crippen molar-refractivity contribution in [1.29, 1.82) is 0 Å². The molecule has 7 heterocycles. The molecule has 21 heteroatoms. The number of nitrogens with zero attached hydrogens (tertiary/aromatic N) is 10. The van der Waals surface area contributed by atoms with Crippen molar-refractivity contribution in [2.45, 2.75) is 77.8 Å². The van der Waals surface area contributed by atoms with Crippen molar-refractivity contribution in [2.75, 3.05) is 39.3 Å². The Morgan fingerprint density at radius 3 is 2.40 bits per heavy atom. The Morgan fingerprint density at radius 1 is 0.877 bits per heavy atom. The van der Waals surface area contributed by atoms with Crippen LogP contribution in [0.1, 0.15) is 89.4 Å². The number of nitrogens with one attached hydrogen (secondary N) is 2. The van der Waals surface area contributed by atoms with Gasteiger partial charge >= 0.3 is 5.97 Å². The number of carbonyl (C=O) groups excluding carboxylic acids is 4. The molecule has 3 N–H and O–H groups in total. The minimum atomic E-state index is -1.21. The van der Waals surface area contributed by atoms with Crippen LogP contribution in [0.25, 0.3) is 37.9 Å². The number of fused-ring (bicyclic) bond motifs is 5. The maximum Gasteiger partial charge on any atom is 0.322 e. The van der Waals surface area contributed by atoms with E-state index in [0.717, 1.165) is 50.0 Å². The molecule has 1 unspecified atom stereocenters. The molecule has 7 aromatic rings. The number of rotatable bonds is 14. The maximum atomic E-state index is 16.0. The number of aliphatic imine (C=N–C) groups is 1. The van der Waals surface area contributed by atoms with Crippen LogP contribution in [-0.4, -0.2) is 124 Å². The monoisotopic (exact) mass is 1030 g/mol. The average molecular weight is 1030 g/mol. The van der Waals surface area contributed by atoms with E-state index in [2.05, 4.69) is 39.8 Å². The lowest BCUT2D eigenvalue weighted by atomic mass is 9.88. The summed E-state index contributed by atoms with van der Waals surface area (Å²) in [7, 11) is 1.79. The van der Waals surface area contributed by atoms with E-state index in [1.165, 1.54) is 6.07 Å². The molecule has 3 aliphatic rings. The zero-order valence-corrected chi connectivity index (χ0v) is 42.4. The molecule has 73 heavy (non-hydrogen) atoms. The number of benzene rings is 3. The van der Waals surface area contributed by atoms with E-state index in [1.807, 2.05) is 57.7 Å². The van der Waals surface area contributed by atoms with Gasteiger partial charge in [0, 0.05) is 82.9 Å². The fourth-order valence-corrected chi connectivity index (χ4v) is 11.8. The van der Waals surface area contributed by atoms with E-state index >= 15 is 4.39 Å². The van der Waals surface area contributed by atoms with Crippen molar-refractivity contribution in [3.8, 4) is 16.1 Å². The number of aromatic nitrogens is 7. The second-order valence-corrected chi connectivity index (χ2v) is 20.8. The first kappa shape index (κ1) is 49.3. The maximum absolute atomic E-state index is 16.0. The van der Waals surface area contributed by atoms with Crippen molar-refractivity contribution in [2.24, 2.45) is 18.0 Å². The van der Waals surface area contributed by atoms with Crippen LogP contribution in [-0.2, 0) is 37.6 Å². The summed E-state index contributed by atoms with van der Waals surface area (Å²) >= 11 is 7.96. The predicted molar refractivity (Wildman–Crippen MR) is 273 cm³/mol. The lowest BCUT2D eigenvalue weighted by Gasteiger charge is -2.32. The smallest absolute Gasteiger partial charge is 0.322 e. The van der Waals surface area contributed by atoms with Crippen LogP contribution < -0.4 is 10.6 Å². The molecular formula is C52H54ClFN12O6S. The van der Waals surface area contributed by atoms with Crippen molar-refractivity contribution in [3.05, 3.63) is 111 Å². The summed E-state index contributed by atoms with van der Waals surface area (Å²) in [6.45, 7) is 6.95. The minimum Gasteiger partial charge on any atom is -0.480 e. The number of likely N-dealkylation sites (tertiary alicyclic amines) is 2. The van der Waals surface area contributed by atoms with E-state index < -0.39 is 42.7 Å². The van der Waals surface area contributed by atoms with Crippen molar-refractivity contribution < 1.29 is 33.5 Å². The van der Waals surface area contributed by atoms with Gasteiger partial charge in [-0.05, 0) is 93.8 Å². The van der Waals surface area contributed by atoms with Crippen molar-refractivity contribution >= 4 is 80.1 Å². The fourth-order valence-electron chi connectivity index (χ4n) is 10.5. The number of carbonyl (C=O) groups is 5. The second kappa shape index (κ2) is 20.3. The number of hydrogen-bond acceptors (Lipinski definition) is 11. The van der Waals surface area contributed by atoms with Gasteiger partial charge in [0.05, 0.1) is 41.6 Å². The molecule has 3 aliphatic heterocycles. The molecule has 0 saturated carbocycles. The van der Waals surface area contributed by atoms with Gasteiger partial charge in [0.2, 0.25) is 23.6 Å². The number of halogens is 2. The largest absolute Gasteiger partial charge is 0.480 e. The Labute approximate surface area is 428 Å². The highest BCUT2D eigenvalue weighted by molar-refractivity contribution is 7.15. The van der Waals surface area contributed by atoms with Gasteiger partial charge in [-0.15, -0.1) is 21.5 Å². The third kappa shape index (κ3) is 9.84. The SMILES string of the molecule is Cc1sc2c(c1C)C(c1ccc(Cl)cc1)=N[C@@H](CC(=O)N1CCC(CCC(=O)N3CCC(c4nn(CC(=O)NCC(=O)NCC(=O)O)c5cccc(-c6cc7c(cnn7C)cc6F)c45)CC3)C1)c1nnc(C)n1-2. The minimum absolute atomic E-state index is 0.0233. The van der Waals surface area contributed by atoms with Crippen LogP contribution in [0.15, 0.2) is 65.8 Å². The lowest BCUT2D eigenvalue weighted by Crippen LogP contribution is -2.40. The van der Waals surface area contributed by atoms with Crippen LogP contribution >= 0.6 is 22.9 Å². The van der Waals surface area contributed by atoms with Crippen LogP contribution in [0.2, 0.25) is 5.02 Å². The molecule has 10 rings (SSSR count). The molecule has 3 aromatic carbocycles. The van der Waals surface area contributed by atoms with Crippen LogP contribution in [0.5, 0.6) is 0 Å². The number of thiophene rings is 1. The summed E-state index contributed by atoms with van der Waals surface area (Å²) in [4.78, 5) is 74.5. The number of aliphatic carboxylic acids is 1. The van der Waals surface area contributed by atoms with E-state index in [1.54, 1.807) is 46.1 Å². The van der Waals surface area contributed by atoms with Crippen molar-refractivity contribution in [1.82, 2.24) is 54.8 Å². The Balaban J connectivity index is 0.803. The first-order chi connectivity index (χ1) is 35.1. The molecule has 4 amide bonds. The van der Waals surface area contributed by atoms with E-state index in [9.17, 15) is 24.0 Å². The number of amides is 4. The fraction of sp³-hybridized carbons (Fsp3) is 0.385. The highest BCUT2D eigenvalue weighted by Crippen LogP contribution is 2.42. The molecule has 2 fully saturated rings. The number of hydrogen-bond donors (Lipinski definition) is 3. The molecule has 18 nitrogen and oxygen atoms in total. The molecule has 378 valence electrons. The van der Waals surface area contributed by atoms with Gasteiger partial charge in [0.25, 0.3) is 0 Å². The Bertz CT molecular complexity index is 3370. The highest BCUT2D eigenvalue weighted by atomic mass is 35.5. The first-order valence-electron chi connectivity index (χ1n) is 24.4. The molecule has 0 aliphatic carbocycles. The third-order valence-electron chi connectivity index (χ3n) is 14.5. The third-order valence-corrected chi connectivity index (χ3v) is 15.9. The molecule has 4 aromatic heterocycles. The van der Waals surface area contributed by atoms with Gasteiger partial charge in [-0.3, -0.25) is 42.9 Å². The van der Waals surface area contributed by atoms with E-state index in [-0.39, 0.29) is 36.6 Å². The summed E-state index contributed by atoms with van der Waals surface area (Å²) < 4.78 is 21.3. The highest BCUT2D eigenvalue weighted by Gasteiger charge is 2.36. The first-order valence-corrected chi connectivity index (χ1v) is 25.6. The van der Waals surface area contributed by atoms with Gasteiger partial charge in [0.15, 0.2) is 5.82 Å². The molecule has 0 spiro atoms. The molecule has 2 atom stereocenters. The standard InChI is InChI=1S/C52H54ClFN12O6S/c1-28-29(2)73-52-47(28)49(32-9-11-35(53)12-10-32)58-39(51-60-59-30(3)66(51)52)22-45(70)64-17-14-31(26-64)8-13-44(69)63-18-15-33(16-19-63)50-48-36(37-21-41-34(20-38(37)54)23-57-62(41)4)6-5-7-40(48)65(61-50)27-43(68)55-24-42(67)56-25-46(71)72/h5-7,9-12,20-21,23,31,33,39H,8,13-19,22,24-27H2,1-4H3,(H,55,68)(H,56,67)(H,71,72)/t31?,39-/m0/s1. The van der Waals surface area contributed by atoms with E-state index in [4.69, 9.17) is 26.8 Å². The summed E-state index contributed by atoms with van der Waals surface area (Å²) in [6, 6.07) is 15.7. The topological polar surface area (TPSA) is 215 Å². The number of aryl methyl sites for hydroxylation is 3. The van der Waals surface area contributed by atoms with Gasteiger partial charge in [-0.1, -0.05) is 35.9 Å². The number of carboxylic acid groups (broad SMARTS) is 1. The number of piperidine rings is 1. The second-order valence-electron chi connectivity index (χ2n) is 19.1. The van der Waals surface area contributed by atoms with Crippen LogP contribution in [0, 0.1) is 32.5 Å². The quantitative estimate of drug-likeness (QED) is 0.106. The van der Waals surface area contributed by atoms with Gasteiger partial charge < -0.3 is 25.5 Å². The summed E-state index contributed by atoms with van der Waals surface area (Å²) in [5.74, 6) is -1.42. The van der Waals surface area contributed by atoms with Crippen LogP contribution in [0.3, 0.4) is 0 Å². The summed E-state index contributed by atoms with van der Waals surface area (Å²) in [5, 5.41) is 34.9. The molecule has 0 radical (unpaired) electrons. The summed E-state index contributed by atoms with van der Waals surface area (Å²) in [5.41, 5.74) is 6.78. The van der Waals surface area contributed by atoms with Gasteiger partial charge in [-0.25, -0.2) is 4.39 Å². The molecule has 2 saturated heterocycles. The Kier molecular flexibility index (Phi) is 13.7. The van der Waals surface area contributed by atoms with Crippen molar-refractivity contribution in [3.63, 3.8) is 0 Å². The lowest BCUT2D eigenvalue weighted by molar-refractivity contribution is -0.138. The normalized spacial score (nSPS) is 16.9. The predicted octanol–water partition coefficient (Wildman–Crippen LogP) is 6.58. The average Bonchev–Trinajstić information content (AvgIpc) is 4.22.